The zero-order chi connectivity index (χ0) is 18.6. The van der Waals surface area contributed by atoms with Crippen molar-refractivity contribution in [1.29, 1.82) is 0 Å². The van der Waals surface area contributed by atoms with E-state index in [0.717, 1.165) is 53.9 Å². The highest BCUT2D eigenvalue weighted by Crippen LogP contribution is 2.18. The van der Waals surface area contributed by atoms with Gasteiger partial charge in [-0.25, -0.2) is 4.98 Å². The summed E-state index contributed by atoms with van der Waals surface area (Å²) in [5.74, 6) is 0. The molecule has 1 aliphatic rings. The van der Waals surface area contributed by atoms with Gasteiger partial charge in [-0.3, -0.25) is 4.98 Å². The fourth-order valence-electron chi connectivity index (χ4n) is 3.37. The van der Waals surface area contributed by atoms with Crippen LogP contribution in [0.2, 0.25) is 0 Å². The lowest BCUT2D eigenvalue weighted by Crippen LogP contribution is -2.44. The van der Waals surface area contributed by atoms with Crippen LogP contribution in [0, 0.1) is 0 Å². The predicted molar refractivity (Wildman–Crippen MR) is 114 cm³/mol. The van der Waals surface area contributed by atoms with Gasteiger partial charge in [0.1, 0.15) is 0 Å². The van der Waals surface area contributed by atoms with Gasteiger partial charge >= 0.3 is 0 Å². The monoisotopic (exact) mass is 425 g/mol. The number of hydrogen-bond donors (Lipinski definition) is 1. The molecule has 1 N–H and O–H groups in total. The largest absolute Gasteiger partial charge is 0.369 e. The highest BCUT2D eigenvalue weighted by Gasteiger charge is 2.14. The average molecular weight is 426 g/mol. The van der Waals surface area contributed by atoms with Gasteiger partial charge in [0.2, 0.25) is 0 Å². The number of piperazine rings is 1. The van der Waals surface area contributed by atoms with E-state index in [-0.39, 0.29) is 0 Å². The average Bonchev–Trinajstić information content (AvgIpc) is 2.69. The van der Waals surface area contributed by atoms with E-state index >= 15 is 0 Å². The number of benzene rings is 2. The zero-order valence-corrected chi connectivity index (χ0v) is 17.1. The smallest absolute Gasteiger partial charge is 0.0898 e. The van der Waals surface area contributed by atoms with Crippen LogP contribution in [0.3, 0.4) is 0 Å². The molecule has 1 saturated heterocycles. The standard InChI is InChI=1S/C21H24BrN5/c1-26-7-9-27(10-8-26)19-4-2-3-16(11-19)13-23-14-18-15-24-21-12-17(22)5-6-20(21)25-18/h2-6,11-12,15,23H,7-10,13-14H2,1H3. The van der Waals surface area contributed by atoms with E-state index in [1.807, 2.05) is 24.4 Å². The molecular formula is C21H24BrN5. The molecule has 0 spiro atoms. The third-order valence-corrected chi connectivity index (χ3v) is 5.46. The minimum Gasteiger partial charge on any atom is -0.369 e. The Morgan fingerprint density at radius 3 is 2.70 bits per heavy atom. The van der Waals surface area contributed by atoms with Crippen molar-refractivity contribution in [2.45, 2.75) is 13.1 Å². The molecular weight excluding hydrogens is 402 g/mol. The van der Waals surface area contributed by atoms with Crippen molar-refractivity contribution in [3.05, 3.63) is 64.4 Å². The Morgan fingerprint density at radius 2 is 1.85 bits per heavy atom. The molecule has 0 radical (unpaired) electrons. The molecule has 0 bridgehead atoms. The van der Waals surface area contributed by atoms with Crippen molar-refractivity contribution in [1.82, 2.24) is 20.2 Å². The summed E-state index contributed by atoms with van der Waals surface area (Å²) in [6, 6.07) is 14.8. The Bertz CT molecular complexity index is 921. The van der Waals surface area contributed by atoms with Crippen LogP contribution < -0.4 is 10.2 Å². The minimum absolute atomic E-state index is 0.706. The van der Waals surface area contributed by atoms with Crippen LogP contribution in [-0.2, 0) is 13.1 Å². The van der Waals surface area contributed by atoms with Crippen LogP contribution in [0.5, 0.6) is 0 Å². The number of nitrogens with one attached hydrogen (secondary N) is 1. The van der Waals surface area contributed by atoms with Gasteiger partial charge in [0.25, 0.3) is 0 Å². The summed E-state index contributed by atoms with van der Waals surface area (Å²) >= 11 is 3.47. The Balaban J connectivity index is 1.36. The molecule has 1 aliphatic heterocycles. The van der Waals surface area contributed by atoms with Crippen LogP contribution in [0.4, 0.5) is 5.69 Å². The quantitative estimate of drug-likeness (QED) is 0.678. The number of halogens is 1. The van der Waals surface area contributed by atoms with Gasteiger partial charge in [-0.2, -0.15) is 0 Å². The number of likely N-dealkylation sites (N-methyl/N-ethyl adjacent to an activating group) is 1. The summed E-state index contributed by atoms with van der Waals surface area (Å²) in [5.41, 5.74) is 5.41. The second-order valence-corrected chi connectivity index (χ2v) is 7.97. The highest BCUT2D eigenvalue weighted by atomic mass is 79.9. The molecule has 0 amide bonds. The van der Waals surface area contributed by atoms with Crippen LogP contribution in [-0.4, -0.2) is 48.1 Å². The molecule has 0 unspecified atom stereocenters. The highest BCUT2D eigenvalue weighted by molar-refractivity contribution is 9.10. The summed E-state index contributed by atoms with van der Waals surface area (Å²) < 4.78 is 1.02. The van der Waals surface area contributed by atoms with Gasteiger partial charge < -0.3 is 15.1 Å². The summed E-state index contributed by atoms with van der Waals surface area (Å²) in [7, 11) is 2.19. The second-order valence-electron chi connectivity index (χ2n) is 7.06. The van der Waals surface area contributed by atoms with E-state index in [1.165, 1.54) is 11.3 Å². The van der Waals surface area contributed by atoms with Gasteiger partial charge in [0.05, 0.1) is 22.9 Å². The molecule has 27 heavy (non-hydrogen) atoms. The first kappa shape index (κ1) is 18.3. The van der Waals surface area contributed by atoms with Crippen molar-refractivity contribution in [2.75, 3.05) is 38.1 Å². The maximum Gasteiger partial charge on any atom is 0.0898 e. The minimum atomic E-state index is 0.706. The third-order valence-electron chi connectivity index (χ3n) is 4.97. The van der Waals surface area contributed by atoms with Crippen molar-refractivity contribution < 1.29 is 0 Å². The number of hydrogen-bond acceptors (Lipinski definition) is 5. The van der Waals surface area contributed by atoms with E-state index in [1.54, 1.807) is 0 Å². The molecule has 2 heterocycles. The Hall–Kier alpha value is -2.02. The van der Waals surface area contributed by atoms with Crippen molar-refractivity contribution in [3.63, 3.8) is 0 Å². The number of nitrogens with zero attached hydrogens (tertiary/aromatic N) is 4. The van der Waals surface area contributed by atoms with Gasteiger partial charge in [-0.05, 0) is 42.9 Å². The normalized spacial score (nSPS) is 15.4. The van der Waals surface area contributed by atoms with Gasteiger partial charge in [0, 0.05) is 49.4 Å². The Labute approximate surface area is 168 Å². The molecule has 140 valence electrons. The Kier molecular flexibility index (Phi) is 5.66. The van der Waals surface area contributed by atoms with Gasteiger partial charge in [-0.15, -0.1) is 0 Å². The second kappa shape index (κ2) is 8.33. The van der Waals surface area contributed by atoms with Crippen LogP contribution in [0.15, 0.2) is 53.1 Å². The molecule has 0 saturated carbocycles. The SMILES string of the molecule is CN1CCN(c2cccc(CNCc3cnc4cc(Br)ccc4n3)c2)CC1. The van der Waals surface area contributed by atoms with E-state index in [4.69, 9.17) is 0 Å². The molecule has 5 nitrogen and oxygen atoms in total. The summed E-state index contributed by atoms with van der Waals surface area (Å²) in [6.45, 7) is 5.96. The first-order valence-electron chi connectivity index (χ1n) is 9.32. The molecule has 0 aliphatic carbocycles. The van der Waals surface area contributed by atoms with Crippen LogP contribution in [0.1, 0.15) is 11.3 Å². The molecule has 6 heteroatoms. The maximum absolute atomic E-state index is 4.69. The number of rotatable bonds is 5. The predicted octanol–water partition coefficient (Wildman–Crippen LogP) is 3.43. The van der Waals surface area contributed by atoms with Gasteiger partial charge in [0.15, 0.2) is 0 Å². The first-order valence-corrected chi connectivity index (χ1v) is 10.1. The maximum atomic E-state index is 4.69. The number of aromatic nitrogens is 2. The van der Waals surface area contributed by atoms with E-state index in [0.29, 0.717) is 6.54 Å². The molecule has 3 aromatic rings. The fourth-order valence-corrected chi connectivity index (χ4v) is 3.72. The van der Waals surface area contributed by atoms with Crippen LogP contribution >= 0.6 is 15.9 Å². The zero-order valence-electron chi connectivity index (χ0n) is 15.5. The third kappa shape index (κ3) is 4.64. The van der Waals surface area contributed by atoms with Crippen molar-refractivity contribution in [3.8, 4) is 0 Å². The fraction of sp³-hybridized carbons (Fsp3) is 0.333. The van der Waals surface area contributed by atoms with Gasteiger partial charge in [-0.1, -0.05) is 28.1 Å². The lowest BCUT2D eigenvalue weighted by Gasteiger charge is -2.34. The number of anilines is 1. The van der Waals surface area contributed by atoms with Crippen LogP contribution in [0.25, 0.3) is 11.0 Å². The van der Waals surface area contributed by atoms with Crippen molar-refractivity contribution in [2.24, 2.45) is 0 Å². The molecule has 4 rings (SSSR count). The van der Waals surface area contributed by atoms with E-state index in [2.05, 4.69) is 72.3 Å². The molecule has 0 atom stereocenters. The number of fused-ring (bicyclic) bond motifs is 1. The molecule has 2 aromatic carbocycles. The molecule has 1 aromatic heterocycles. The Morgan fingerprint density at radius 1 is 1.00 bits per heavy atom. The molecule has 1 fully saturated rings. The topological polar surface area (TPSA) is 44.3 Å². The lowest BCUT2D eigenvalue weighted by atomic mass is 10.1. The van der Waals surface area contributed by atoms with Crippen molar-refractivity contribution >= 4 is 32.7 Å². The summed E-state index contributed by atoms with van der Waals surface area (Å²) in [5, 5.41) is 3.49. The first-order chi connectivity index (χ1) is 13.2. The summed E-state index contributed by atoms with van der Waals surface area (Å²) in [4.78, 5) is 14.0. The van der Waals surface area contributed by atoms with E-state index < -0.39 is 0 Å². The van der Waals surface area contributed by atoms with E-state index in [9.17, 15) is 0 Å². The summed E-state index contributed by atoms with van der Waals surface area (Å²) in [6.07, 6.45) is 1.85. The lowest BCUT2D eigenvalue weighted by molar-refractivity contribution is 0.313.